The molecule has 3 N–H and O–H groups in total. The van der Waals surface area contributed by atoms with Gasteiger partial charge in [-0.2, -0.15) is 4.79 Å². The molecule has 3 rings (SSSR count). The molecular formula is C15H19N5O. The van der Waals surface area contributed by atoms with Crippen LogP contribution in [0.5, 0.6) is 0 Å². The number of hydrogen-bond acceptors (Lipinski definition) is 5. The number of nitrogens with zero attached hydrogens (tertiary/aromatic N) is 2. The van der Waals surface area contributed by atoms with Crippen LogP contribution in [-0.2, 0) is 6.42 Å². The standard InChI is InChI=1S/C15H19N5O/c1-16-14-13(15(17-2)20(18-3)19-14)10-5-4-9-6-7-12(21)11(9)8-10/h4-5,8,17-18H,6-7H2,1-3H3,(H,16,19). The first kappa shape index (κ1) is 13.5. The number of aryl methyl sites for hydroxylation is 1. The van der Waals surface area contributed by atoms with Gasteiger partial charge in [-0.15, -0.1) is 5.10 Å². The third kappa shape index (κ3) is 2.03. The van der Waals surface area contributed by atoms with Gasteiger partial charge in [-0.25, -0.2) is 0 Å². The lowest BCUT2D eigenvalue weighted by atomic mass is 10.0. The second-order valence-corrected chi connectivity index (χ2v) is 5.00. The molecule has 1 aromatic heterocycles. The van der Waals surface area contributed by atoms with Gasteiger partial charge in [0.05, 0.1) is 5.56 Å². The molecule has 21 heavy (non-hydrogen) atoms. The van der Waals surface area contributed by atoms with Gasteiger partial charge in [0.15, 0.2) is 17.4 Å². The first-order chi connectivity index (χ1) is 10.2. The average molecular weight is 285 g/mol. The van der Waals surface area contributed by atoms with Crippen molar-refractivity contribution in [3.05, 3.63) is 29.3 Å². The highest BCUT2D eigenvalue weighted by Crippen LogP contribution is 2.36. The Hall–Kier alpha value is -2.50. The monoisotopic (exact) mass is 285 g/mol. The molecule has 1 aliphatic rings. The zero-order valence-corrected chi connectivity index (χ0v) is 12.4. The summed E-state index contributed by atoms with van der Waals surface area (Å²) in [6, 6.07) is 6.07. The van der Waals surface area contributed by atoms with Gasteiger partial charge in [-0.3, -0.25) is 4.79 Å². The van der Waals surface area contributed by atoms with E-state index in [1.54, 1.807) is 4.79 Å². The van der Waals surface area contributed by atoms with Crippen molar-refractivity contribution < 1.29 is 4.79 Å². The summed E-state index contributed by atoms with van der Waals surface area (Å²) in [6.45, 7) is 0. The molecule has 0 aliphatic heterocycles. The Bertz CT molecular complexity index is 704. The first-order valence-electron chi connectivity index (χ1n) is 7.02. The number of aromatic nitrogens is 2. The highest BCUT2D eigenvalue weighted by atomic mass is 16.1. The van der Waals surface area contributed by atoms with Crippen LogP contribution in [0.15, 0.2) is 18.2 Å². The molecule has 1 heterocycles. The van der Waals surface area contributed by atoms with Crippen LogP contribution in [0, 0.1) is 0 Å². The Morgan fingerprint density at radius 2 is 1.95 bits per heavy atom. The topological polar surface area (TPSA) is 71.0 Å². The zero-order chi connectivity index (χ0) is 15.0. The quantitative estimate of drug-likeness (QED) is 0.801. The van der Waals surface area contributed by atoms with E-state index in [1.807, 2.05) is 33.3 Å². The van der Waals surface area contributed by atoms with Crippen molar-refractivity contribution in [1.82, 2.24) is 9.89 Å². The molecule has 0 unspecified atom stereocenters. The highest BCUT2D eigenvalue weighted by molar-refractivity contribution is 6.02. The summed E-state index contributed by atoms with van der Waals surface area (Å²) < 4.78 is 0. The maximum atomic E-state index is 12.0. The van der Waals surface area contributed by atoms with Crippen LogP contribution < -0.4 is 16.1 Å². The molecule has 0 bridgehead atoms. The Morgan fingerprint density at radius 1 is 1.14 bits per heavy atom. The van der Waals surface area contributed by atoms with Crippen LogP contribution in [0.3, 0.4) is 0 Å². The van der Waals surface area contributed by atoms with Crippen molar-refractivity contribution in [2.24, 2.45) is 0 Å². The summed E-state index contributed by atoms with van der Waals surface area (Å²) in [5.41, 5.74) is 6.93. The van der Waals surface area contributed by atoms with Gasteiger partial charge in [-0.05, 0) is 23.6 Å². The number of fused-ring (bicyclic) bond motifs is 1. The van der Waals surface area contributed by atoms with Gasteiger partial charge in [0.2, 0.25) is 0 Å². The summed E-state index contributed by atoms with van der Waals surface area (Å²) in [5, 5.41) is 10.7. The molecule has 0 atom stereocenters. The Balaban J connectivity index is 2.18. The van der Waals surface area contributed by atoms with E-state index in [1.165, 1.54) is 0 Å². The lowest BCUT2D eigenvalue weighted by molar-refractivity contribution is 0.0994. The largest absolute Gasteiger partial charge is 0.371 e. The first-order valence-corrected chi connectivity index (χ1v) is 7.02. The second kappa shape index (κ2) is 5.12. The molecule has 110 valence electrons. The fourth-order valence-corrected chi connectivity index (χ4v) is 2.85. The second-order valence-electron chi connectivity index (χ2n) is 5.00. The normalized spacial score (nSPS) is 13.2. The molecular weight excluding hydrogens is 266 g/mol. The van der Waals surface area contributed by atoms with E-state index in [-0.39, 0.29) is 5.78 Å². The van der Waals surface area contributed by atoms with Crippen molar-refractivity contribution in [3.8, 4) is 11.1 Å². The van der Waals surface area contributed by atoms with E-state index in [4.69, 9.17) is 0 Å². The van der Waals surface area contributed by atoms with E-state index >= 15 is 0 Å². The van der Waals surface area contributed by atoms with Crippen molar-refractivity contribution in [2.45, 2.75) is 12.8 Å². The molecule has 0 saturated carbocycles. The third-order valence-corrected chi connectivity index (χ3v) is 3.89. The molecule has 6 heteroatoms. The number of carbonyl (C=O) groups is 1. The van der Waals surface area contributed by atoms with Gasteiger partial charge in [0, 0.05) is 33.1 Å². The number of rotatable bonds is 4. The fourth-order valence-electron chi connectivity index (χ4n) is 2.85. The lowest BCUT2D eigenvalue weighted by Gasteiger charge is -2.09. The molecule has 1 aromatic carbocycles. The van der Waals surface area contributed by atoms with Crippen LogP contribution in [0.25, 0.3) is 11.1 Å². The summed E-state index contributed by atoms with van der Waals surface area (Å²) in [6.07, 6.45) is 1.47. The fraction of sp³-hybridized carbons (Fsp3) is 0.333. The Kier molecular flexibility index (Phi) is 3.29. The van der Waals surface area contributed by atoms with Crippen molar-refractivity contribution in [2.75, 3.05) is 37.2 Å². The maximum Gasteiger partial charge on any atom is 0.163 e. The SMILES string of the molecule is CNc1nn(NC)c(NC)c1-c1ccc2c(c1)C(=O)CC2. The number of nitrogens with one attached hydrogen (secondary N) is 3. The van der Waals surface area contributed by atoms with Gasteiger partial charge in [0.25, 0.3) is 0 Å². The van der Waals surface area contributed by atoms with Crippen LogP contribution in [0.4, 0.5) is 11.6 Å². The molecule has 0 radical (unpaired) electrons. The van der Waals surface area contributed by atoms with E-state index in [0.29, 0.717) is 6.42 Å². The zero-order valence-electron chi connectivity index (χ0n) is 12.4. The van der Waals surface area contributed by atoms with Crippen LogP contribution >= 0.6 is 0 Å². The molecule has 6 nitrogen and oxygen atoms in total. The summed E-state index contributed by atoms with van der Waals surface area (Å²) in [4.78, 5) is 13.6. The molecule has 0 saturated heterocycles. The molecule has 0 fully saturated rings. The maximum absolute atomic E-state index is 12.0. The molecule has 0 amide bonds. The number of ketones is 1. The Morgan fingerprint density at radius 3 is 2.62 bits per heavy atom. The minimum atomic E-state index is 0.227. The number of carbonyl (C=O) groups excluding carboxylic acids is 1. The van der Waals surface area contributed by atoms with Crippen LogP contribution in [0.1, 0.15) is 22.3 Å². The number of benzene rings is 1. The van der Waals surface area contributed by atoms with Crippen LogP contribution in [0.2, 0.25) is 0 Å². The average Bonchev–Trinajstić information content (AvgIpc) is 3.07. The number of Topliss-reactive ketones (excluding diaryl/α,β-unsaturated/α-hetero) is 1. The summed E-state index contributed by atoms with van der Waals surface area (Å²) in [5.74, 6) is 1.84. The lowest BCUT2D eigenvalue weighted by Crippen LogP contribution is -2.13. The third-order valence-electron chi connectivity index (χ3n) is 3.89. The predicted molar refractivity (Wildman–Crippen MR) is 84.7 cm³/mol. The van der Waals surface area contributed by atoms with Gasteiger partial charge >= 0.3 is 0 Å². The van der Waals surface area contributed by atoms with Gasteiger partial charge < -0.3 is 16.1 Å². The smallest absolute Gasteiger partial charge is 0.163 e. The van der Waals surface area contributed by atoms with E-state index in [2.05, 4.69) is 27.2 Å². The van der Waals surface area contributed by atoms with Gasteiger partial charge in [0.1, 0.15) is 0 Å². The van der Waals surface area contributed by atoms with E-state index in [0.717, 1.165) is 40.3 Å². The van der Waals surface area contributed by atoms with Crippen molar-refractivity contribution in [3.63, 3.8) is 0 Å². The number of hydrogen-bond donors (Lipinski definition) is 3. The van der Waals surface area contributed by atoms with Gasteiger partial charge in [-0.1, -0.05) is 12.1 Å². The minimum Gasteiger partial charge on any atom is -0.371 e. The molecule has 2 aromatic rings. The highest BCUT2D eigenvalue weighted by Gasteiger charge is 2.23. The summed E-state index contributed by atoms with van der Waals surface area (Å²) in [7, 11) is 5.50. The minimum absolute atomic E-state index is 0.227. The van der Waals surface area contributed by atoms with Crippen molar-refractivity contribution >= 4 is 17.4 Å². The van der Waals surface area contributed by atoms with E-state index < -0.39 is 0 Å². The molecule has 0 spiro atoms. The predicted octanol–water partition coefficient (Wildman–Crippen LogP) is 1.94. The summed E-state index contributed by atoms with van der Waals surface area (Å²) >= 11 is 0. The van der Waals surface area contributed by atoms with Crippen LogP contribution in [-0.4, -0.2) is 36.8 Å². The number of anilines is 2. The molecule has 1 aliphatic carbocycles. The Labute approximate surface area is 123 Å². The van der Waals surface area contributed by atoms with Crippen molar-refractivity contribution in [1.29, 1.82) is 0 Å². The van der Waals surface area contributed by atoms with E-state index in [9.17, 15) is 4.79 Å².